The fraction of sp³-hybridized carbons (Fsp3) is 0.500. The second-order valence-electron chi connectivity index (χ2n) is 9.71. The fourth-order valence-electron chi connectivity index (χ4n) is 5.13. The van der Waals surface area contributed by atoms with Crippen LogP contribution in [0.3, 0.4) is 0 Å². The Hall–Kier alpha value is -1.72. The zero-order chi connectivity index (χ0) is 25.3. The van der Waals surface area contributed by atoms with Gasteiger partial charge in [0.1, 0.15) is 5.82 Å². The molecule has 1 aliphatic carbocycles. The second-order valence-corrected chi connectivity index (χ2v) is 11.0. The van der Waals surface area contributed by atoms with Crippen LogP contribution < -0.4 is 5.32 Å². The van der Waals surface area contributed by atoms with Crippen LogP contribution in [0.15, 0.2) is 48.5 Å². The molecular weight excluding hydrogens is 575 g/mol. The quantitative estimate of drug-likeness (QED) is 0.347. The molecule has 2 aromatic carbocycles. The van der Waals surface area contributed by atoms with E-state index in [1.54, 1.807) is 12.1 Å². The molecule has 0 bridgehead atoms. The molecule has 35 heavy (non-hydrogen) atoms. The van der Waals surface area contributed by atoms with Gasteiger partial charge in [-0.05, 0) is 90.1 Å². The molecule has 1 saturated carbocycles. The first-order valence-electron chi connectivity index (χ1n) is 11.8. The Bertz CT molecular complexity index is 1030. The van der Waals surface area contributed by atoms with Crippen molar-refractivity contribution < 1.29 is 27.5 Å². The van der Waals surface area contributed by atoms with Crippen molar-refractivity contribution >= 4 is 28.5 Å². The number of hydrogen-bond donors (Lipinski definition) is 2. The predicted octanol–water partition coefficient (Wildman–Crippen LogP) is 4.97. The van der Waals surface area contributed by atoms with Gasteiger partial charge in [0.2, 0.25) is 5.91 Å². The number of benzene rings is 2. The van der Waals surface area contributed by atoms with Gasteiger partial charge in [-0.2, -0.15) is 13.2 Å². The number of carbonyl (C=O) groups is 1. The highest BCUT2D eigenvalue weighted by molar-refractivity contribution is 14.1. The fourth-order valence-corrected chi connectivity index (χ4v) is 5.49. The molecule has 190 valence electrons. The minimum Gasteiger partial charge on any atom is -0.380 e. The van der Waals surface area contributed by atoms with E-state index >= 15 is 0 Å². The highest BCUT2D eigenvalue weighted by Crippen LogP contribution is 2.44. The molecule has 2 N–H and O–H groups in total. The molecule has 2 fully saturated rings. The first-order valence-corrected chi connectivity index (χ1v) is 12.9. The van der Waals surface area contributed by atoms with Crippen LogP contribution >= 0.6 is 22.6 Å². The first-order chi connectivity index (χ1) is 16.5. The van der Waals surface area contributed by atoms with Crippen LogP contribution in [0.4, 0.5) is 17.6 Å². The molecule has 9 heteroatoms. The summed E-state index contributed by atoms with van der Waals surface area (Å²) in [6.45, 7) is 0.300. The number of amides is 1. The van der Waals surface area contributed by atoms with Gasteiger partial charge in [0.15, 0.2) is 5.60 Å². The molecule has 2 aromatic rings. The summed E-state index contributed by atoms with van der Waals surface area (Å²) in [5, 5.41) is 13.1. The van der Waals surface area contributed by atoms with Gasteiger partial charge in [-0.3, -0.25) is 9.69 Å². The summed E-state index contributed by atoms with van der Waals surface area (Å²) in [4.78, 5) is 15.2. The van der Waals surface area contributed by atoms with Gasteiger partial charge >= 0.3 is 6.18 Å². The van der Waals surface area contributed by atoms with Crippen molar-refractivity contribution in [3.05, 3.63) is 69.0 Å². The van der Waals surface area contributed by atoms with E-state index in [1.807, 2.05) is 29.2 Å². The zero-order valence-corrected chi connectivity index (χ0v) is 21.4. The average molecular weight is 604 g/mol. The number of rotatable bonds is 7. The Morgan fingerprint density at radius 3 is 2.29 bits per heavy atom. The molecule has 0 aromatic heterocycles. The Kier molecular flexibility index (Phi) is 7.78. The van der Waals surface area contributed by atoms with Crippen LogP contribution in [0.1, 0.15) is 43.2 Å². The molecular formula is C26H29F4IN2O2. The normalized spacial score (nSPS) is 20.6. The van der Waals surface area contributed by atoms with Crippen molar-refractivity contribution in [3.63, 3.8) is 0 Å². The highest BCUT2D eigenvalue weighted by atomic mass is 127. The molecule has 4 rings (SSSR count). The standard InChI is InChI=1S/C26H29F4IN2O2/c27-20-4-1-3-18(15-20)16-22(33-13-11-25(35,12-14-33)26(28,29)30)17-32-23(34)24(9-2-10-24)19-5-7-21(31)8-6-19/h1,3-8,15,22,35H,2,9-14,16-17H2,(H,32,34)/t22-/m1/s1. The minimum absolute atomic E-state index is 0.0358. The van der Waals surface area contributed by atoms with Crippen LogP contribution in [0.2, 0.25) is 0 Å². The van der Waals surface area contributed by atoms with E-state index in [2.05, 4.69) is 27.9 Å². The molecule has 1 heterocycles. The van der Waals surface area contributed by atoms with Gasteiger partial charge in [-0.15, -0.1) is 0 Å². The summed E-state index contributed by atoms with van der Waals surface area (Å²) in [6.07, 6.45) is -2.73. The van der Waals surface area contributed by atoms with E-state index in [4.69, 9.17) is 0 Å². The lowest BCUT2D eigenvalue weighted by Gasteiger charge is -2.44. The second kappa shape index (κ2) is 10.3. The Labute approximate surface area is 216 Å². The Morgan fingerprint density at radius 2 is 1.74 bits per heavy atom. The number of aliphatic hydroxyl groups is 1. The lowest BCUT2D eigenvalue weighted by atomic mass is 9.64. The summed E-state index contributed by atoms with van der Waals surface area (Å²) in [5.41, 5.74) is -1.61. The van der Waals surface area contributed by atoms with Crippen molar-refractivity contribution in [2.45, 2.75) is 61.8 Å². The molecule has 2 aliphatic rings. The number of piperidine rings is 1. The van der Waals surface area contributed by atoms with E-state index in [9.17, 15) is 27.5 Å². The van der Waals surface area contributed by atoms with Crippen LogP contribution in [-0.2, 0) is 16.6 Å². The molecule has 0 spiro atoms. The maximum Gasteiger partial charge on any atom is 0.417 e. The van der Waals surface area contributed by atoms with Gasteiger partial charge in [-0.25, -0.2) is 4.39 Å². The zero-order valence-electron chi connectivity index (χ0n) is 19.3. The topological polar surface area (TPSA) is 52.6 Å². The van der Waals surface area contributed by atoms with Crippen molar-refractivity contribution in [2.24, 2.45) is 0 Å². The third kappa shape index (κ3) is 5.67. The summed E-state index contributed by atoms with van der Waals surface area (Å²) >= 11 is 2.22. The van der Waals surface area contributed by atoms with Crippen molar-refractivity contribution in [3.8, 4) is 0 Å². The Morgan fingerprint density at radius 1 is 1.09 bits per heavy atom. The van der Waals surface area contributed by atoms with Gasteiger partial charge in [-0.1, -0.05) is 30.7 Å². The molecule has 1 amide bonds. The lowest BCUT2D eigenvalue weighted by Crippen LogP contribution is -2.58. The molecule has 1 saturated heterocycles. The van der Waals surface area contributed by atoms with Crippen LogP contribution in [0, 0.1) is 9.39 Å². The highest BCUT2D eigenvalue weighted by Gasteiger charge is 2.55. The molecule has 1 aliphatic heterocycles. The van der Waals surface area contributed by atoms with Gasteiger partial charge in [0, 0.05) is 29.2 Å². The third-order valence-electron chi connectivity index (χ3n) is 7.57. The van der Waals surface area contributed by atoms with Crippen LogP contribution in [0.25, 0.3) is 0 Å². The van der Waals surface area contributed by atoms with Crippen LogP contribution in [0.5, 0.6) is 0 Å². The Balaban J connectivity index is 1.48. The SMILES string of the molecule is O=C(NC[C@@H](Cc1cccc(F)c1)N1CCC(O)(C(F)(F)F)CC1)C1(c2ccc(I)cc2)CCC1. The van der Waals surface area contributed by atoms with E-state index in [0.717, 1.165) is 28.4 Å². The number of hydrogen-bond acceptors (Lipinski definition) is 3. The van der Waals surface area contributed by atoms with Gasteiger partial charge < -0.3 is 10.4 Å². The molecule has 4 nitrogen and oxygen atoms in total. The summed E-state index contributed by atoms with van der Waals surface area (Å²) in [7, 11) is 0. The maximum atomic E-state index is 13.8. The predicted molar refractivity (Wildman–Crippen MR) is 133 cm³/mol. The molecule has 1 atom stereocenters. The minimum atomic E-state index is -4.69. The number of carbonyl (C=O) groups excluding carboxylic acids is 1. The first kappa shape index (κ1) is 26.3. The summed E-state index contributed by atoms with van der Waals surface area (Å²) < 4.78 is 54.8. The van der Waals surface area contributed by atoms with Crippen LogP contribution in [-0.4, -0.2) is 53.4 Å². The van der Waals surface area contributed by atoms with Crippen molar-refractivity contribution in [1.29, 1.82) is 0 Å². The van der Waals surface area contributed by atoms with Crippen molar-refractivity contribution in [1.82, 2.24) is 10.2 Å². The number of likely N-dealkylation sites (tertiary alicyclic amines) is 1. The summed E-state index contributed by atoms with van der Waals surface area (Å²) in [6, 6.07) is 13.7. The van der Waals surface area contributed by atoms with E-state index in [1.165, 1.54) is 12.1 Å². The number of nitrogens with one attached hydrogen (secondary N) is 1. The molecule has 0 radical (unpaired) electrons. The van der Waals surface area contributed by atoms with Gasteiger partial charge in [0.25, 0.3) is 0 Å². The monoisotopic (exact) mass is 604 g/mol. The van der Waals surface area contributed by atoms with E-state index in [0.29, 0.717) is 12.0 Å². The van der Waals surface area contributed by atoms with E-state index in [-0.39, 0.29) is 37.4 Å². The number of nitrogens with zero attached hydrogens (tertiary/aromatic N) is 1. The average Bonchev–Trinajstić information content (AvgIpc) is 2.77. The smallest absolute Gasteiger partial charge is 0.380 e. The third-order valence-corrected chi connectivity index (χ3v) is 8.29. The summed E-state index contributed by atoms with van der Waals surface area (Å²) in [5.74, 6) is -0.472. The largest absolute Gasteiger partial charge is 0.417 e. The lowest BCUT2D eigenvalue weighted by molar-refractivity contribution is -0.273. The molecule has 0 unspecified atom stereocenters. The van der Waals surface area contributed by atoms with Gasteiger partial charge in [0.05, 0.1) is 5.41 Å². The van der Waals surface area contributed by atoms with Crippen molar-refractivity contribution in [2.75, 3.05) is 19.6 Å². The maximum absolute atomic E-state index is 13.8. The number of halogens is 5. The number of alkyl halides is 3. The van der Waals surface area contributed by atoms with E-state index < -0.39 is 30.0 Å².